The van der Waals surface area contributed by atoms with Crippen molar-refractivity contribution in [2.45, 2.75) is 6.61 Å². The molecule has 110 valence electrons. The number of carbonyl (C=O) groups excluding carboxylic acids is 1. The maximum Gasteiger partial charge on any atom is 0.175 e. The number of methoxy groups -OCH3 is 2. The van der Waals surface area contributed by atoms with Gasteiger partial charge >= 0.3 is 0 Å². The monoisotopic (exact) mass is 350 g/mol. The molecule has 0 bridgehead atoms. The molecular formula is C16H15BrO4. The number of carbonyl (C=O) groups is 1. The van der Waals surface area contributed by atoms with Gasteiger partial charge in [0, 0.05) is 11.1 Å². The summed E-state index contributed by atoms with van der Waals surface area (Å²) in [5.41, 5.74) is 1.56. The lowest BCUT2D eigenvalue weighted by atomic mass is 10.2. The number of aldehydes is 1. The van der Waals surface area contributed by atoms with E-state index in [2.05, 4.69) is 15.9 Å². The molecular weight excluding hydrogens is 336 g/mol. The van der Waals surface area contributed by atoms with E-state index in [1.54, 1.807) is 38.5 Å². The van der Waals surface area contributed by atoms with Crippen LogP contribution in [0, 0.1) is 0 Å². The topological polar surface area (TPSA) is 44.8 Å². The smallest absolute Gasteiger partial charge is 0.175 e. The van der Waals surface area contributed by atoms with Crippen molar-refractivity contribution in [3.05, 3.63) is 52.0 Å². The molecule has 5 heteroatoms. The standard InChI is InChI=1S/C16H15BrO4/c1-19-14-8-5-12(15(17)16(14)20-2)10-21-13-6-3-11(9-18)4-7-13/h3-9H,10H2,1-2H3. The molecule has 0 aliphatic carbocycles. The Labute approximate surface area is 131 Å². The predicted octanol–water partition coefficient (Wildman–Crippen LogP) is 3.86. The molecule has 0 aromatic heterocycles. The molecule has 2 aromatic rings. The van der Waals surface area contributed by atoms with Crippen molar-refractivity contribution < 1.29 is 19.0 Å². The third-order valence-electron chi connectivity index (χ3n) is 2.98. The quantitative estimate of drug-likeness (QED) is 0.742. The van der Waals surface area contributed by atoms with Gasteiger partial charge in [-0.05, 0) is 46.3 Å². The van der Waals surface area contributed by atoms with E-state index in [9.17, 15) is 4.79 Å². The molecule has 0 radical (unpaired) electrons. The SMILES string of the molecule is COc1ccc(COc2ccc(C=O)cc2)c(Br)c1OC. The molecule has 0 fully saturated rings. The third-order valence-corrected chi connectivity index (χ3v) is 3.84. The normalized spacial score (nSPS) is 10.0. The van der Waals surface area contributed by atoms with E-state index in [1.165, 1.54) is 0 Å². The lowest BCUT2D eigenvalue weighted by Gasteiger charge is -2.13. The number of hydrogen-bond acceptors (Lipinski definition) is 4. The fourth-order valence-corrected chi connectivity index (χ4v) is 2.45. The molecule has 0 aliphatic rings. The Hall–Kier alpha value is -2.01. The van der Waals surface area contributed by atoms with Gasteiger partial charge in [0.25, 0.3) is 0 Å². The fourth-order valence-electron chi connectivity index (χ4n) is 1.85. The van der Waals surface area contributed by atoms with Crippen molar-refractivity contribution in [2.75, 3.05) is 14.2 Å². The highest BCUT2D eigenvalue weighted by Gasteiger charge is 2.13. The number of halogens is 1. The lowest BCUT2D eigenvalue weighted by Crippen LogP contribution is -1.99. The Bertz CT molecular complexity index is 623. The first-order chi connectivity index (χ1) is 10.2. The van der Waals surface area contributed by atoms with Crippen LogP contribution in [0.5, 0.6) is 17.2 Å². The van der Waals surface area contributed by atoms with Crippen LogP contribution in [0.2, 0.25) is 0 Å². The number of rotatable bonds is 6. The van der Waals surface area contributed by atoms with E-state index < -0.39 is 0 Å². The summed E-state index contributed by atoms with van der Waals surface area (Å²) in [6.07, 6.45) is 0.800. The molecule has 0 heterocycles. The zero-order valence-corrected chi connectivity index (χ0v) is 13.3. The molecule has 0 amide bonds. The second kappa shape index (κ2) is 7.13. The number of ether oxygens (including phenoxy) is 3. The Kier molecular flexibility index (Phi) is 5.22. The highest BCUT2D eigenvalue weighted by molar-refractivity contribution is 9.10. The largest absolute Gasteiger partial charge is 0.493 e. The van der Waals surface area contributed by atoms with Crippen LogP contribution < -0.4 is 14.2 Å². The maximum atomic E-state index is 10.6. The molecule has 0 saturated heterocycles. The number of hydrogen-bond donors (Lipinski definition) is 0. The van der Waals surface area contributed by atoms with E-state index in [-0.39, 0.29) is 0 Å². The van der Waals surface area contributed by atoms with E-state index >= 15 is 0 Å². The zero-order valence-electron chi connectivity index (χ0n) is 11.8. The second-order valence-corrected chi connectivity index (χ2v) is 5.04. The Morgan fingerprint density at radius 1 is 1.05 bits per heavy atom. The van der Waals surface area contributed by atoms with Crippen LogP contribution in [-0.2, 0) is 6.61 Å². The summed E-state index contributed by atoms with van der Waals surface area (Å²) >= 11 is 3.50. The first-order valence-electron chi connectivity index (χ1n) is 6.27. The van der Waals surface area contributed by atoms with Crippen molar-refractivity contribution in [2.24, 2.45) is 0 Å². The highest BCUT2D eigenvalue weighted by atomic mass is 79.9. The van der Waals surface area contributed by atoms with Gasteiger partial charge in [-0.15, -0.1) is 0 Å². The lowest BCUT2D eigenvalue weighted by molar-refractivity contribution is 0.112. The summed E-state index contributed by atoms with van der Waals surface area (Å²) in [6.45, 7) is 0.376. The molecule has 0 spiro atoms. The Morgan fingerprint density at radius 2 is 1.76 bits per heavy atom. The molecule has 0 atom stereocenters. The third kappa shape index (κ3) is 3.55. The van der Waals surface area contributed by atoms with Gasteiger partial charge in [0.1, 0.15) is 18.6 Å². The maximum absolute atomic E-state index is 10.6. The van der Waals surface area contributed by atoms with Crippen LogP contribution in [0.25, 0.3) is 0 Å². The van der Waals surface area contributed by atoms with Crippen molar-refractivity contribution in [3.8, 4) is 17.2 Å². The van der Waals surface area contributed by atoms with Crippen molar-refractivity contribution in [1.29, 1.82) is 0 Å². The van der Waals surface area contributed by atoms with Gasteiger partial charge < -0.3 is 14.2 Å². The zero-order chi connectivity index (χ0) is 15.2. The van der Waals surface area contributed by atoms with Crippen molar-refractivity contribution >= 4 is 22.2 Å². The molecule has 2 rings (SSSR count). The van der Waals surface area contributed by atoms with Crippen LogP contribution in [0.1, 0.15) is 15.9 Å². The average molecular weight is 351 g/mol. The van der Waals surface area contributed by atoms with Crippen LogP contribution in [-0.4, -0.2) is 20.5 Å². The van der Waals surface area contributed by atoms with E-state index in [1.807, 2.05) is 12.1 Å². The van der Waals surface area contributed by atoms with Crippen LogP contribution in [0.3, 0.4) is 0 Å². The van der Waals surface area contributed by atoms with Crippen molar-refractivity contribution in [1.82, 2.24) is 0 Å². The first-order valence-corrected chi connectivity index (χ1v) is 7.06. The van der Waals surface area contributed by atoms with Gasteiger partial charge in [-0.3, -0.25) is 4.79 Å². The van der Waals surface area contributed by atoms with Gasteiger partial charge in [0.15, 0.2) is 11.5 Å². The van der Waals surface area contributed by atoms with Crippen LogP contribution in [0.15, 0.2) is 40.9 Å². The summed E-state index contributed by atoms with van der Waals surface area (Å²) < 4.78 is 17.1. The molecule has 0 saturated carbocycles. The number of benzene rings is 2. The fraction of sp³-hybridized carbons (Fsp3) is 0.188. The molecule has 21 heavy (non-hydrogen) atoms. The summed E-state index contributed by atoms with van der Waals surface area (Å²) in [7, 11) is 3.18. The van der Waals surface area contributed by atoms with Gasteiger partial charge in [0.2, 0.25) is 0 Å². The Balaban J connectivity index is 2.14. The average Bonchev–Trinajstić information content (AvgIpc) is 2.53. The highest BCUT2D eigenvalue weighted by Crippen LogP contribution is 2.37. The second-order valence-electron chi connectivity index (χ2n) is 4.25. The minimum atomic E-state index is 0.376. The molecule has 0 unspecified atom stereocenters. The first kappa shape index (κ1) is 15.4. The van der Waals surface area contributed by atoms with Gasteiger partial charge in [-0.2, -0.15) is 0 Å². The molecule has 4 nitrogen and oxygen atoms in total. The van der Waals surface area contributed by atoms with Gasteiger partial charge in [0.05, 0.1) is 18.7 Å². The summed E-state index contributed by atoms with van der Waals surface area (Å²) in [6, 6.07) is 10.7. The van der Waals surface area contributed by atoms with E-state index in [0.717, 1.165) is 16.3 Å². The Morgan fingerprint density at radius 3 is 2.33 bits per heavy atom. The summed E-state index contributed by atoms with van der Waals surface area (Å²) in [4.78, 5) is 10.6. The molecule has 0 aliphatic heterocycles. The van der Waals surface area contributed by atoms with E-state index in [4.69, 9.17) is 14.2 Å². The van der Waals surface area contributed by atoms with Gasteiger partial charge in [-0.1, -0.05) is 6.07 Å². The minimum absolute atomic E-state index is 0.376. The van der Waals surface area contributed by atoms with Crippen LogP contribution >= 0.6 is 15.9 Å². The summed E-state index contributed by atoms with van der Waals surface area (Å²) in [5.74, 6) is 1.99. The predicted molar refractivity (Wildman–Crippen MR) is 83.4 cm³/mol. The van der Waals surface area contributed by atoms with E-state index in [0.29, 0.717) is 29.4 Å². The minimum Gasteiger partial charge on any atom is -0.493 e. The van der Waals surface area contributed by atoms with Crippen molar-refractivity contribution in [3.63, 3.8) is 0 Å². The van der Waals surface area contributed by atoms with Gasteiger partial charge in [-0.25, -0.2) is 0 Å². The molecule has 2 aromatic carbocycles. The van der Waals surface area contributed by atoms with Crippen LogP contribution in [0.4, 0.5) is 0 Å². The molecule has 0 N–H and O–H groups in total. The summed E-state index contributed by atoms with van der Waals surface area (Å²) in [5, 5.41) is 0.